The molecule has 1 unspecified atom stereocenters. The number of anilines is 1. The molecule has 23 heavy (non-hydrogen) atoms. The van der Waals surface area contributed by atoms with E-state index in [-0.39, 0.29) is 24.0 Å². The lowest BCUT2D eigenvalue weighted by Crippen LogP contribution is -2.25. The molecule has 0 spiro atoms. The van der Waals surface area contributed by atoms with E-state index in [0.29, 0.717) is 17.9 Å². The minimum atomic E-state index is -2.91. The van der Waals surface area contributed by atoms with Crippen LogP contribution < -0.4 is 10.1 Å². The lowest BCUT2D eigenvalue weighted by Gasteiger charge is -2.25. The van der Waals surface area contributed by atoms with Crippen molar-refractivity contribution in [2.45, 2.75) is 38.8 Å². The number of rotatable bonds is 5. The molecule has 0 saturated carbocycles. The first-order chi connectivity index (χ1) is 11.1. The summed E-state index contributed by atoms with van der Waals surface area (Å²) < 4.78 is 31.6. The number of nitrogens with one attached hydrogen (secondary N) is 1. The van der Waals surface area contributed by atoms with Crippen molar-refractivity contribution in [2.75, 3.05) is 5.32 Å². The molecule has 1 aromatic carbocycles. The van der Waals surface area contributed by atoms with Gasteiger partial charge in [-0.25, -0.2) is 4.68 Å². The Bertz CT molecular complexity index is 715. The number of alkyl halides is 2. The lowest BCUT2D eigenvalue weighted by atomic mass is 9.87. The first kappa shape index (κ1) is 15.5. The summed E-state index contributed by atoms with van der Waals surface area (Å²) in [5.74, 6) is 0.225. The molecule has 2 aromatic rings. The van der Waals surface area contributed by atoms with E-state index in [0.717, 1.165) is 12.0 Å². The quantitative estimate of drug-likeness (QED) is 0.918. The molecule has 3 rings (SSSR count). The van der Waals surface area contributed by atoms with Gasteiger partial charge in [-0.05, 0) is 12.5 Å². The van der Waals surface area contributed by atoms with E-state index in [1.54, 1.807) is 29.1 Å². The van der Waals surface area contributed by atoms with E-state index in [4.69, 9.17) is 0 Å². The molecule has 1 N–H and O–H groups in total. The van der Waals surface area contributed by atoms with Gasteiger partial charge in [0.1, 0.15) is 11.6 Å². The summed E-state index contributed by atoms with van der Waals surface area (Å²) in [7, 11) is 0. The summed E-state index contributed by atoms with van der Waals surface area (Å²) in [5, 5.41) is 7.13. The number of amides is 1. The minimum absolute atomic E-state index is 0.0939. The van der Waals surface area contributed by atoms with Crippen LogP contribution in [0.15, 0.2) is 30.5 Å². The average Bonchev–Trinajstić information content (AvgIpc) is 2.90. The van der Waals surface area contributed by atoms with Gasteiger partial charge >= 0.3 is 6.61 Å². The first-order valence-corrected chi connectivity index (χ1v) is 7.49. The van der Waals surface area contributed by atoms with Gasteiger partial charge in [0.25, 0.3) is 0 Å². The van der Waals surface area contributed by atoms with Crippen LogP contribution in [0.2, 0.25) is 0 Å². The Morgan fingerprint density at radius 3 is 2.91 bits per heavy atom. The fraction of sp³-hybridized carbons (Fsp3) is 0.375. The number of carbonyl (C=O) groups is 1. The number of para-hydroxylation sites is 1. The molecule has 1 atom stereocenters. The van der Waals surface area contributed by atoms with Gasteiger partial charge in [-0.15, -0.1) is 0 Å². The highest BCUT2D eigenvalue weighted by atomic mass is 19.3. The third-order valence-electron chi connectivity index (χ3n) is 3.84. The smallest absolute Gasteiger partial charge is 0.387 e. The highest BCUT2D eigenvalue weighted by Gasteiger charge is 2.31. The SMILES string of the molecule is CCCn1ncc2c1NC(=O)CC2c1ccccc1OC(F)F. The number of ether oxygens (including phenoxy) is 1. The number of hydrogen-bond donors (Lipinski definition) is 1. The predicted octanol–water partition coefficient (Wildman–Crippen LogP) is 3.37. The zero-order chi connectivity index (χ0) is 16.4. The molecule has 1 aliphatic heterocycles. The van der Waals surface area contributed by atoms with Crippen molar-refractivity contribution in [1.29, 1.82) is 0 Å². The second kappa shape index (κ2) is 6.36. The number of benzene rings is 1. The van der Waals surface area contributed by atoms with Crippen molar-refractivity contribution in [3.63, 3.8) is 0 Å². The van der Waals surface area contributed by atoms with Crippen molar-refractivity contribution in [1.82, 2.24) is 9.78 Å². The van der Waals surface area contributed by atoms with E-state index < -0.39 is 6.61 Å². The van der Waals surface area contributed by atoms with Gasteiger partial charge in [0, 0.05) is 30.0 Å². The second-order valence-corrected chi connectivity index (χ2v) is 5.39. The van der Waals surface area contributed by atoms with Crippen LogP contribution >= 0.6 is 0 Å². The fourth-order valence-corrected chi connectivity index (χ4v) is 2.90. The number of fused-ring (bicyclic) bond motifs is 1. The summed E-state index contributed by atoms with van der Waals surface area (Å²) in [4.78, 5) is 12.1. The van der Waals surface area contributed by atoms with Gasteiger partial charge in [-0.2, -0.15) is 13.9 Å². The molecular weight excluding hydrogens is 304 g/mol. The summed E-state index contributed by atoms with van der Waals surface area (Å²) in [6.45, 7) is -0.213. The first-order valence-electron chi connectivity index (χ1n) is 7.49. The number of hydrogen-bond acceptors (Lipinski definition) is 3. The van der Waals surface area contributed by atoms with E-state index in [1.165, 1.54) is 6.07 Å². The molecule has 122 valence electrons. The molecule has 0 radical (unpaired) electrons. The van der Waals surface area contributed by atoms with E-state index in [2.05, 4.69) is 15.2 Å². The molecule has 1 aromatic heterocycles. The van der Waals surface area contributed by atoms with Gasteiger partial charge < -0.3 is 10.1 Å². The van der Waals surface area contributed by atoms with Crippen LogP contribution in [0.3, 0.4) is 0 Å². The molecule has 0 fully saturated rings. The summed E-state index contributed by atoms with van der Waals surface area (Å²) in [6.07, 6.45) is 2.74. The van der Waals surface area contributed by atoms with Gasteiger partial charge in [-0.1, -0.05) is 25.1 Å². The van der Waals surface area contributed by atoms with Gasteiger partial charge in [0.05, 0.1) is 6.20 Å². The summed E-state index contributed by atoms with van der Waals surface area (Å²) >= 11 is 0. The lowest BCUT2D eigenvalue weighted by molar-refractivity contribution is -0.116. The largest absolute Gasteiger partial charge is 0.435 e. The normalized spacial score (nSPS) is 17.0. The third-order valence-corrected chi connectivity index (χ3v) is 3.84. The molecule has 0 aliphatic carbocycles. The fourth-order valence-electron chi connectivity index (χ4n) is 2.90. The van der Waals surface area contributed by atoms with Crippen LogP contribution in [0.25, 0.3) is 0 Å². The van der Waals surface area contributed by atoms with Crippen molar-refractivity contribution in [3.8, 4) is 5.75 Å². The van der Waals surface area contributed by atoms with Crippen molar-refractivity contribution >= 4 is 11.7 Å². The highest BCUT2D eigenvalue weighted by Crippen LogP contribution is 2.40. The Hall–Kier alpha value is -2.44. The highest BCUT2D eigenvalue weighted by molar-refractivity contribution is 5.94. The van der Waals surface area contributed by atoms with E-state index >= 15 is 0 Å². The van der Waals surface area contributed by atoms with Crippen LogP contribution in [-0.4, -0.2) is 22.3 Å². The van der Waals surface area contributed by atoms with E-state index in [9.17, 15) is 13.6 Å². The Morgan fingerprint density at radius 2 is 2.17 bits per heavy atom. The number of halogens is 2. The van der Waals surface area contributed by atoms with Gasteiger partial charge in [0.2, 0.25) is 5.91 Å². The molecule has 1 amide bonds. The number of aromatic nitrogens is 2. The topological polar surface area (TPSA) is 56.2 Å². The van der Waals surface area contributed by atoms with Crippen molar-refractivity contribution in [3.05, 3.63) is 41.6 Å². The van der Waals surface area contributed by atoms with Gasteiger partial charge in [-0.3, -0.25) is 4.79 Å². The number of aryl methyl sites for hydroxylation is 1. The Kier molecular flexibility index (Phi) is 4.27. The third kappa shape index (κ3) is 3.04. The van der Waals surface area contributed by atoms with E-state index in [1.807, 2.05) is 6.92 Å². The molecule has 0 bridgehead atoms. The maximum Gasteiger partial charge on any atom is 0.387 e. The summed E-state index contributed by atoms with van der Waals surface area (Å²) in [6, 6.07) is 6.58. The van der Waals surface area contributed by atoms with Crippen molar-refractivity contribution in [2.24, 2.45) is 0 Å². The zero-order valence-corrected chi connectivity index (χ0v) is 12.6. The standard InChI is InChI=1S/C16H17F2N3O2/c1-2-7-21-15-12(9-19-21)11(8-14(22)20-15)10-5-3-4-6-13(10)23-16(17)18/h3-6,9,11,16H,2,7-8H2,1H3,(H,20,22). The van der Waals surface area contributed by atoms with Crippen LogP contribution in [-0.2, 0) is 11.3 Å². The molecule has 1 aliphatic rings. The Labute approximate surface area is 132 Å². The van der Waals surface area contributed by atoms with Crippen molar-refractivity contribution < 1.29 is 18.3 Å². The molecular formula is C16H17F2N3O2. The van der Waals surface area contributed by atoms with Crippen LogP contribution in [0, 0.1) is 0 Å². The molecule has 5 nitrogen and oxygen atoms in total. The molecule has 2 heterocycles. The summed E-state index contributed by atoms with van der Waals surface area (Å²) in [5.41, 5.74) is 1.39. The molecule has 0 saturated heterocycles. The zero-order valence-electron chi connectivity index (χ0n) is 12.6. The average molecular weight is 321 g/mol. The van der Waals surface area contributed by atoms with Crippen LogP contribution in [0.5, 0.6) is 5.75 Å². The number of carbonyl (C=O) groups excluding carboxylic acids is 1. The van der Waals surface area contributed by atoms with Crippen LogP contribution in [0.1, 0.15) is 36.8 Å². The maximum atomic E-state index is 12.6. The minimum Gasteiger partial charge on any atom is -0.435 e. The maximum absolute atomic E-state index is 12.6. The number of nitrogens with zero attached hydrogens (tertiary/aromatic N) is 2. The van der Waals surface area contributed by atoms with Crippen LogP contribution in [0.4, 0.5) is 14.6 Å². The second-order valence-electron chi connectivity index (χ2n) is 5.39. The Balaban J connectivity index is 2.03. The molecule has 7 heteroatoms. The monoisotopic (exact) mass is 321 g/mol. The Morgan fingerprint density at radius 1 is 1.39 bits per heavy atom. The predicted molar refractivity (Wildman–Crippen MR) is 80.7 cm³/mol. The van der Waals surface area contributed by atoms with Gasteiger partial charge in [0.15, 0.2) is 0 Å².